The van der Waals surface area contributed by atoms with Gasteiger partial charge in [-0.2, -0.15) is 4.57 Å². The van der Waals surface area contributed by atoms with Crippen LogP contribution < -0.4 is 33.4 Å². The number of hydrogen-bond acceptors (Lipinski definition) is 2. The zero-order valence-electron chi connectivity index (χ0n) is 13.8. The molecular formula is C20H21IN2S. The zero-order chi connectivity index (χ0) is 15.6. The molecule has 2 heterocycles. The van der Waals surface area contributed by atoms with E-state index >= 15 is 0 Å². The fourth-order valence-corrected chi connectivity index (χ4v) is 4.26. The second kappa shape index (κ2) is 7.66. The molecular weight excluding hydrogens is 427 g/mol. The normalized spacial score (nSPS) is 14.5. The van der Waals surface area contributed by atoms with Gasteiger partial charge < -0.3 is 28.9 Å². The van der Waals surface area contributed by atoms with Gasteiger partial charge in [-0.25, -0.2) is 0 Å². The average molecular weight is 448 g/mol. The van der Waals surface area contributed by atoms with Crippen LogP contribution in [0.5, 0.6) is 0 Å². The average Bonchev–Trinajstić information content (AvgIpc) is 3.23. The maximum Gasteiger partial charge on any atom is 0.262 e. The standard InChI is InChI=1S/C20H21N2S.HI/c1-21-18-6-2-3-7-19(18)23-20(21)13-10-16-8-11-17(12-9-16)22-14-4-5-15-22;/h2-3,6-13H,4-5,14-15H2,1H3;1H/q+1;/p-1. The largest absolute Gasteiger partial charge is 1.00 e. The van der Waals surface area contributed by atoms with Crippen LogP contribution in [0, 0.1) is 0 Å². The molecule has 0 unspecified atom stereocenters. The molecule has 24 heavy (non-hydrogen) atoms. The molecule has 4 rings (SSSR count). The Morgan fingerprint density at radius 3 is 2.38 bits per heavy atom. The maximum atomic E-state index is 2.47. The van der Waals surface area contributed by atoms with E-state index in [9.17, 15) is 0 Å². The summed E-state index contributed by atoms with van der Waals surface area (Å²) in [5.74, 6) is 0. The van der Waals surface area contributed by atoms with E-state index in [-0.39, 0.29) is 24.0 Å². The van der Waals surface area contributed by atoms with Crippen LogP contribution in [0.25, 0.3) is 22.4 Å². The van der Waals surface area contributed by atoms with E-state index < -0.39 is 0 Å². The topological polar surface area (TPSA) is 7.12 Å². The number of hydrogen-bond donors (Lipinski definition) is 0. The highest BCUT2D eigenvalue weighted by molar-refractivity contribution is 7.18. The van der Waals surface area contributed by atoms with Crippen molar-refractivity contribution in [3.05, 3.63) is 59.1 Å². The molecule has 0 spiro atoms. The van der Waals surface area contributed by atoms with E-state index in [0.717, 1.165) is 0 Å². The van der Waals surface area contributed by atoms with Crippen molar-refractivity contribution in [1.82, 2.24) is 0 Å². The molecule has 1 aromatic heterocycles. The summed E-state index contributed by atoms with van der Waals surface area (Å²) >= 11 is 1.83. The van der Waals surface area contributed by atoms with E-state index in [2.05, 4.69) is 77.2 Å². The van der Waals surface area contributed by atoms with Crippen molar-refractivity contribution in [2.75, 3.05) is 18.0 Å². The second-order valence-corrected chi connectivity index (χ2v) is 7.15. The number of nitrogens with zero attached hydrogens (tertiary/aromatic N) is 2. The molecule has 0 saturated carbocycles. The number of benzene rings is 2. The lowest BCUT2D eigenvalue weighted by molar-refractivity contribution is -0.642. The summed E-state index contributed by atoms with van der Waals surface area (Å²) in [5.41, 5.74) is 3.90. The summed E-state index contributed by atoms with van der Waals surface area (Å²) < 4.78 is 3.59. The van der Waals surface area contributed by atoms with Crippen LogP contribution >= 0.6 is 11.3 Å². The first-order valence-corrected chi connectivity index (χ1v) is 9.03. The number of anilines is 1. The van der Waals surface area contributed by atoms with E-state index in [0.29, 0.717) is 0 Å². The van der Waals surface area contributed by atoms with Gasteiger partial charge in [-0.1, -0.05) is 35.6 Å². The molecule has 4 heteroatoms. The van der Waals surface area contributed by atoms with Crippen LogP contribution in [0.15, 0.2) is 48.5 Å². The van der Waals surface area contributed by atoms with Crippen LogP contribution in [-0.4, -0.2) is 13.1 Å². The highest BCUT2D eigenvalue weighted by Gasteiger charge is 2.13. The smallest absolute Gasteiger partial charge is 0.262 e. The van der Waals surface area contributed by atoms with Crippen LogP contribution in [-0.2, 0) is 7.05 Å². The van der Waals surface area contributed by atoms with Gasteiger partial charge in [0.2, 0.25) is 5.52 Å². The van der Waals surface area contributed by atoms with Gasteiger partial charge in [0.15, 0.2) is 0 Å². The molecule has 0 aliphatic carbocycles. The Morgan fingerprint density at radius 2 is 1.67 bits per heavy atom. The Morgan fingerprint density at radius 1 is 0.958 bits per heavy atom. The summed E-state index contributed by atoms with van der Waals surface area (Å²) in [5, 5.41) is 1.27. The van der Waals surface area contributed by atoms with Crippen LogP contribution in [0.4, 0.5) is 5.69 Å². The first-order chi connectivity index (χ1) is 11.3. The lowest BCUT2D eigenvalue weighted by atomic mass is 10.2. The number of thiazole rings is 1. The van der Waals surface area contributed by atoms with Gasteiger partial charge in [0.05, 0.1) is 0 Å². The predicted octanol–water partition coefficient (Wildman–Crippen LogP) is 1.50. The van der Waals surface area contributed by atoms with E-state index in [1.165, 1.54) is 52.4 Å². The number of fused-ring (bicyclic) bond motifs is 1. The third-order valence-corrected chi connectivity index (χ3v) is 5.74. The molecule has 1 aliphatic heterocycles. The Bertz CT molecular complexity index is 846. The molecule has 124 valence electrons. The third-order valence-electron chi connectivity index (χ3n) is 4.55. The van der Waals surface area contributed by atoms with Crippen LogP contribution in [0.1, 0.15) is 23.4 Å². The van der Waals surface area contributed by atoms with Crippen molar-refractivity contribution in [2.45, 2.75) is 12.8 Å². The van der Waals surface area contributed by atoms with Crippen molar-refractivity contribution >= 4 is 39.4 Å². The second-order valence-electron chi connectivity index (χ2n) is 6.09. The number of para-hydroxylation sites is 1. The first-order valence-electron chi connectivity index (χ1n) is 8.22. The Kier molecular flexibility index (Phi) is 5.56. The van der Waals surface area contributed by atoms with E-state index in [1.807, 2.05) is 11.3 Å². The minimum Gasteiger partial charge on any atom is -1.00 e. The van der Waals surface area contributed by atoms with Gasteiger partial charge in [-0.3, -0.25) is 0 Å². The molecule has 0 N–H and O–H groups in total. The minimum atomic E-state index is 0. The zero-order valence-corrected chi connectivity index (χ0v) is 16.8. The lowest BCUT2D eigenvalue weighted by Crippen LogP contribution is -3.00. The summed E-state index contributed by atoms with van der Waals surface area (Å²) in [4.78, 5) is 2.47. The lowest BCUT2D eigenvalue weighted by Gasteiger charge is -2.17. The fraction of sp³-hybridized carbons (Fsp3) is 0.250. The maximum absolute atomic E-state index is 2.47. The molecule has 3 aromatic rings. The molecule has 1 aliphatic rings. The first kappa shape index (κ1) is 17.4. The van der Waals surface area contributed by atoms with Gasteiger partial charge in [-0.15, -0.1) is 0 Å². The van der Waals surface area contributed by atoms with Gasteiger partial charge >= 0.3 is 0 Å². The van der Waals surface area contributed by atoms with Gasteiger partial charge in [-0.05, 0) is 42.7 Å². The minimum absolute atomic E-state index is 0. The van der Waals surface area contributed by atoms with Crippen molar-refractivity contribution in [2.24, 2.45) is 7.05 Å². The Labute approximate surface area is 164 Å². The van der Waals surface area contributed by atoms with Crippen LogP contribution in [0.2, 0.25) is 0 Å². The van der Waals surface area contributed by atoms with Crippen molar-refractivity contribution in [3.8, 4) is 0 Å². The Balaban J connectivity index is 0.00000169. The summed E-state index contributed by atoms with van der Waals surface area (Å²) in [6, 6.07) is 17.5. The predicted molar refractivity (Wildman–Crippen MR) is 99.8 cm³/mol. The van der Waals surface area contributed by atoms with Gasteiger partial charge in [0, 0.05) is 30.9 Å². The van der Waals surface area contributed by atoms with Gasteiger partial charge in [0.25, 0.3) is 5.01 Å². The van der Waals surface area contributed by atoms with Gasteiger partial charge in [0.1, 0.15) is 11.7 Å². The highest BCUT2D eigenvalue weighted by Crippen LogP contribution is 2.23. The van der Waals surface area contributed by atoms with Crippen LogP contribution in [0.3, 0.4) is 0 Å². The monoisotopic (exact) mass is 448 g/mol. The van der Waals surface area contributed by atoms with Crippen molar-refractivity contribution in [3.63, 3.8) is 0 Å². The molecule has 2 nitrogen and oxygen atoms in total. The number of rotatable bonds is 3. The molecule has 1 fully saturated rings. The summed E-state index contributed by atoms with van der Waals surface area (Å²) in [6.07, 6.45) is 7.07. The molecule has 0 amide bonds. The molecule has 2 aromatic carbocycles. The van der Waals surface area contributed by atoms with E-state index in [4.69, 9.17) is 0 Å². The van der Waals surface area contributed by atoms with Crippen molar-refractivity contribution in [1.29, 1.82) is 0 Å². The summed E-state index contributed by atoms with van der Waals surface area (Å²) in [7, 11) is 2.13. The molecule has 0 atom stereocenters. The quantitative estimate of drug-likeness (QED) is 0.435. The number of aromatic nitrogens is 1. The number of halogens is 1. The fourth-order valence-electron chi connectivity index (χ4n) is 3.21. The Hall–Kier alpha value is -1.40. The SMILES string of the molecule is C[n+]1c(C=Cc2ccc(N3CCCC3)cc2)sc2ccccc21.[I-]. The third kappa shape index (κ3) is 3.49. The summed E-state index contributed by atoms with van der Waals surface area (Å²) in [6.45, 7) is 2.40. The highest BCUT2D eigenvalue weighted by atomic mass is 127. The van der Waals surface area contributed by atoms with E-state index in [1.54, 1.807) is 0 Å². The molecule has 0 bridgehead atoms. The molecule has 0 radical (unpaired) electrons. The number of aryl methyl sites for hydroxylation is 1. The van der Waals surface area contributed by atoms with Crippen molar-refractivity contribution < 1.29 is 28.5 Å². The molecule has 1 saturated heterocycles.